The molecule has 1 atom stereocenters. The lowest BCUT2D eigenvalue weighted by atomic mass is 10.3. The van der Waals surface area contributed by atoms with E-state index in [1.807, 2.05) is 24.4 Å². The fraction of sp³-hybridized carbons (Fsp3) is 0.417. The van der Waals surface area contributed by atoms with Gasteiger partial charge in [-0.15, -0.1) is 28.8 Å². The Morgan fingerprint density at radius 2 is 2.35 bits per heavy atom. The minimum atomic E-state index is -0.157. The predicted molar refractivity (Wildman–Crippen MR) is 81.3 cm³/mol. The standard InChI is InChI=1S/C12H17N5OS.ClH/c1-9(6-13)16(2)12(18)11-8-17(15-14-11)7-10-4-3-5-19-10;/h3-5,8-9H,6-7,13H2,1-2H3;1H. The molecule has 0 aliphatic heterocycles. The van der Waals surface area contributed by atoms with Crippen LogP contribution in [0.25, 0.3) is 0 Å². The number of hydrogen-bond donors (Lipinski definition) is 1. The minimum Gasteiger partial charge on any atom is -0.336 e. The number of carbonyl (C=O) groups excluding carboxylic acids is 1. The van der Waals surface area contributed by atoms with Crippen LogP contribution in [0.15, 0.2) is 23.7 Å². The zero-order chi connectivity index (χ0) is 13.8. The fourth-order valence-corrected chi connectivity index (χ4v) is 2.27. The SMILES string of the molecule is CC(CN)N(C)C(=O)c1cn(Cc2cccs2)nn1.Cl. The average Bonchev–Trinajstić information content (AvgIpc) is 3.08. The number of nitrogens with zero attached hydrogens (tertiary/aromatic N) is 4. The van der Waals surface area contributed by atoms with Crippen LogP contribution in [-0.2, 0) is 6.54 Å². The van der Waals surface area contributed by atoms with Crippen molar-refractivity contribution in [2.45, 2.75) is 19.5 Å². The van der Waals surface area contributed by atoms with Crippen LogP contribution < -0.4 is 5.73 Å². The maximum atomic E-state index is 12.1. The van der Waals surface area contributed by atoms with Gasteiger partial charge in [-0.05, 0) is 18.4 Å². The average molecular weight is 316 g/mol. The summed E-state index contributed by atoms with van der Waals surface area (Å²) in [7, 11) is 1.72. The number of thiophene rings is 1. The summed E-state index contributed by atoms with van der Waals surface area (Å²) in [6.07, 6.45) is 1.67. The molecule has 0 spiro atoms. The topological polar surface area (TPSA) is 77.0 Å². The first-order chi connectivity index (χ1) is 9.11. The third-order valence-electron chi connectivity index (χ3n) is 2.98. The Kier molecular flexibility index (Phi) is 6.12. The molecular formula is C12H18ClN5OS. The van der Waals surface area contributed by atoms with Gasteiger partial charge in [0.1, 0.15) is 0 Å². The number of halogens is 1. The van der Waals surface area contributed by atoms with Gasteiger partial charge in [-0.1, -0.05) is 11.3 Å². The zero-order valence-corrected chi connectivity index (χ0v) is 13.0. The van der Waals surface area contributed by atoms with Crippen LogP contribution >= 0.6 is 23.7 Å². The van der Waals surface area contributed by atoms with E-state index in [9.17, 15) is 4.79 Å². The van der Waals surface area contributed by atoms with Gasteiger partial charge >= 0.3 is 0 Å². The second-order valence-electron chi connectivity index (χ2n) is 4.38. The van der Waals surface area contributed by atoms with E-state index in [1.54, 1.807) is 34.2 Å². The highest BCUT2D eigenvalue weighted by Crippen LogP contribution is 2.10. The van der Waals surface area contributed by atoms with Crippen molar-refractivity contribution in [1.29, 1.82) is 0 Å². The zero-order valence-electron chi connectivity index (χ0n) is 11.4. The van der Waals surface area contributed by atoms with Crippen LogP contribution in [0.5, 0.6) is 0 Å². The Balaban J connectivity index is 0.00000200. The number of rotatable bonds is 5. The first kappa shape index (κ1) is 16.6. The summed E-state index contributed by atoms with van der Waals surface area (Å²) in [4.78, 5) is 14.9. The second kappa shape index (κ2) is 7.37. The molecule has 2 heterocycles. The van der Waals surface area contributed by atoms with Crippen molar-refractivity contribution in [3.8, 4) is 0 Å². The van der Waals surface area contributed by atoms with Gasteiger partial charge in [0.05, 0.1) is 12.7 Å². The van der Waals surface area contributed by atoms with E-state index in [4.69, 9.17) is 5.73 Å². The maximum Gasteiger partial charge on any atom is 0.276 e. The summed E-state index contributed by atoms with van der Waals surface area (Å²) >= 11 is 1.65. The molecule has 0 aliphatic rings. The summed E-state index contributed by atoms with van der Waals surface area (Å²) in [6.45, 7) is 2.95. The van der Waals surface area contributed by atoms with Crippen molar-refractivity contribution in [2.75, 3.05) is 13.6 Å². The Bertz CT molecular complexity index is 542. The molecule has 6 nitrogen and oxygen atoms in total. The summed E-state index contributed by atoms with van der Waals surface area (Å²) in [6, 6.07) is 3.99. The first-order valence-electron chi connectivity index (χ1n) is 6.01. The highest BCUT2D eigenvalue weighted by atomic mass is 35.5. The van der Waals surface area contributed by atoms with Crippen LogP contribution in [0.4, 0.5) is 0 Å². The Hall–Kier alpha value is -1.44. The number of amides is 1. The molecule has 0 fully saturated rings. The molecule has 20 heavy (non-hydrogen) atoms. The summed E-state index contributed by atoms with van der Waals surface area (Å²) in [5.41, 5.74) is 5.90. The number of likely N-dealkylation sites (N-methyl/N-ethyl adjacent to an activating group) is 1. The molecule has 0 saturated carbocycles. The van der Waals surface area contributed by atoms with Crippen molar-refractivity contribution < 1.29 is 4.79 Å². The van der Waals surface area contributed by atoms with Crippen molar-refractivity contribution in [3.05, 3.63) is 34.3 Å². The molecule has 110 valence electrons. The highest BCUT2D eigenvalue weighted by Gasteiger charge is 2.19. The molecule has 2 aromatic rings. The van der Waals surface area contributed by atoms with E-state index >= 15 is 0 Å². The number of aromatic nitrogens is 3. The maximum absolute atomic E-state index is 12.1. The summed E-state index contributed by atoms with van der Waals surface area (Å²) < 4.78 is 1.67. The van der Waals surface area contributed by atoms with Crippen LogP contribution in [0.3, 0.4) is 0 Å². The smallest absolute Gasteiger partial charge is 0.276 e. The van der Waals surface area contributed by atoms with Crippen molar-refractivity contribution >= 4 is 29.7 Å². The Labute approximate surface area is 128 Å². The number of hydrogen-bond acceptors (Lipinski definition) is 5. The van der Waals surface area contributed by atoms with Crippen LogP contribution in [0.2, 0.25) is 0 Å². The van der Waals surface area contributed by atoms with Gasteiger partial charge in [-0.25, -0.2) is 4.68 Å². The monoisotopic (exact) mass is 315 g/mol. The normalized spacial score (nSPS) is 11.8. The predicted octanol–water partition coefficient (Wildman–Crippen LogP) is 1.23. The molecule has 0 aromatic carbocycles. The minimum absolute atomic E-state index is 0. The lowest BCUT2D eigenvalue weighted by molar-refractivity contribution is 0.0742. The second-order valence-corrected chi connectivity index (χ2v) is 5.41. The van der Waals surface area contributed by atoms with Crippen LogP contribution in [-0.4, -0.2) is 45.4 Å². The van der Waals surface area contributed by atoms with Crippen molar-refractivity contribution in [1.82, 2.24) is 19.9 Å². The van der Waals surface area contributed by atoms with E-state index in [-0.39, 0.29) is 24.4 Å². The van der Waals surface area contributed by atoms with Crippen molar-refractivity contribution in [3.63, 3.8) is 0 Å². The summed E-state index contributed by atoms with van der Waals surface area (Å²) in [5, 5.41) is 9.90. The number of carbonyl (C=O) groups is 1. The Morgan fingerprint density at radius 1 is 1.60 bits per heavy atom. The van der Waals surface area contributed by atoms with E-state index < -0.39 is 0 Å². The van der Waals surface area contributed by atoms with E-state index in [1.165, 1.54) is 4.88 Å². The molecule has 0 saturated heterocycles. The third-order valence-corrected chi connectivity index (χ3v) is 3.84. The molecule has 1 amide bonds. The van der Waals surface area contributed by atoms with Gasteiger partial charge in [0, 0.05) is 24.5 Å². The molecule has 2 rings (SSSR count). The van der Waals surface area contributed by atoms with Crippen LogP contribution in [0, 0.1) is 0 Å². The van der Waals surface area contributed by atoms with Gasteiger partial charge in [-0.2, -0.15) is 0 Å². The van der Waals surface area contributed by atoms with E-state index in [2.05, 4.69) is 10.3 Å². The summed E-state index contributed by atoms with van der Waals surface area (Å²) in [5.74, 6) is -0.157. The molecule has 1 unspecified atom stereocenters. The molecule has 8 heteroatoms. The van der Waals surface area contributed by atoms with Crippen LogP contribution in [0.1, 0.15) is 22.3 Å². The van der Waals surface area contributed by atoms with Gasteiger partial charge in [0.15, 0.2) is 5.69 Å². The quantitative estimate of drug-likeness (QED) is 0.900. The third kappa shape index (κ3) is 3.78. The molecule has 0 bridgehead atoms. The van der Waals surface area contributed by atoms with Gasteiger partial charge in [-0.3, -0.25) is 4.79 Å². The van der Waals surface area contributed by atoms with E-state index in [0.717, 1.165) is 0 Å². The van der Waals surface area contributed by atoms with Gasteiger partial charge in [0.25, 0.3) is 5.91 Å². The lowest BCUT2D eigenvalue weighted by Crippen LogP contribution is -2.39. The number of nitrogens with two attached hydrogens (primary N) is 1. The molecule has 0 radical (unpaired) electrons. The Morgan fingerprint density at radius 3 is 2.95 bits per heavy atom. The fourth-order valence-electron chi connectivity index (χ4n) is 1.57. The van der Waals surface area contributed by atoms with Gasteiger partial charge < -0.3 is 10.6 Å². The van der Waals surface area contributed by atoms with E-state index in [0.29, 0.717) is 18.8 Å². The molecule has 2 aromatic heterocycles. The molecular weight excluding hydrogens is 298 g/mol. The molecule has 2 N–H and O–H groups in total. The van der Waals surface area contributed by atoms with Gasteiger partial charge in [0.2, 0.25) is 0 Å². The van der Waals surface area contributed by atoms with Crippen molar-refractivity contribution in [2.24, 2.45) is 5.73 Å². The lowest BCUT2D eigenvalue weighted by Gasteiger charge is -2.22. The first-order valence-corrected chi connectivity index (χ1v) is 6.89. The molecule has 0 aliphatic carbocycles. The highest BCUT2D eigenvalue weighted by molar-refractivity contribution is 7.09. The largest absolute Gasteiger partial charge is 0.336 e.